The van der Waals surface area contributed by atoms with Crippen molar-refractivity contribution < 1.29 is 0 Å². The van der Waals surface area contributed by atoms with Gasteiger partial charge in [0.05, 0.1) is 33.3 Å². The van der Waals surface area contributed by atoms with E-state index in [9.17, 15) is 5.26 Å². The molecule has 0 aliphatic rings. The number of nitriles is 1. The second kappa shape index (κ2) is 22.2. The van der Waals surface area contributed by atoms with Crippen LogP contribution in [0.5, 0.6) is 0 Å². The molecule has 0 atom stereocenters. The Morgan fingerprint density at radius 1 is 0.278 bits per heavy atom. The van der Waals surface area contributed by atoms with Gasteiger partial charge in [-0.05, 0) is 201 Å². The van der Waals surface area contributed by atoms with Crippen LogP contribution in [0.3, 0.4) is 0 Å². The van der Waals surface area contributed by atoms with Gasteiger partial charge in [0.25, 0.3) is 0 Å². The van der Waals surface area contributed by atoms with Gasteiger partial charge in [-0.1, -0.05) is 192 Å². The van der Waals surface area contributed by atoms with Crippen molar-refractivity contribution >= 4 is 43.6 Å². The maximum Gasteiger partial charge on any atom is 0.164 e. The van der Waals surface area contributed by atoms with Crippen LogP contribution >= 0.6 is 0 Å². The smallest absolute Gasteiger partial charge is 0.164 e. The first kappa shape index (κ1) is 55.3. The lowest BCUT2D eigenvalue weighted by Gasteiger charge is -2.18. The lowest BCUT2D eigenvalue weighted by atomic mass is 9.93. The van der Waals surface area contributed by atoms with Crippen LogP contribution < -0.4 is 0 Å². The average molecular weight is 1160 g/mol. The van der Waals surface area contributed by atoms with Gasteiger partial charge in [-0.25, -0.2) is 15.0 Å². The van der Waals surface area contributed by atoms with Gasteiger partial charge in [-0.15, -0.1) is 0 Å². The van der Waals surface area contributed by atoms with Crippen LogP contribution in [0.15, 0.2) is 243 Å². The molecular formula is C84H64N6. The number of hydrogen-bond donors (Lipinski definition) is 0. The molecule has 0 radical (unpaired) electrons. The molecule has 0 amide bonds. The summed E-state index contributed by atoms with van der Waals surface area (Å²) in [4.78, 5) is 15.9. The van der Waals surface area contributed by atoms with Gasteiger partial charge in [-0.2, -0.15) is 5.26 Å². The predicted octanol–water partition coefficient (Wildman–Crippen LogP) is 21.7. The van der Waals surface area contributed by atoms with Crippen molar-refractivity contribution in [2.75, 3.05) is 0 Å². The van der Waals surface area contributed by atoms with E-state index in [2.05, 4.69) is 253 Å². The summed E-state index contributed by atoms with van der Waals surface area (Å²) in [5.41, 5.74) is 29.7. The molecule has 0 bridgehead atoms. The molecule has 430 valence electrons. The van der Waals surface area contributed by atoms with Gasteiger partial charge >= 0.3 is 0 Å². The molecule has 12 aromatic carbocycles. The lowest BCUT2D eigenvalue weighted by molar-refractivity contribution is 1.07. The largest absolute Gasteiger partial charge is 0.309 e. The van der Waals surface area contributed by atoms with E-state index in [1.807, 2.05) is 60.7 Å². The molecule has 15 aromatic rings. The highest BCUT2D eigenvalue weighted by Gasteiger charge is 2.25. The Bertz CT molecular complexity index is 5190. The van der Waals surface area contributed by atoms with E-state index in [0.29, 0.717) is 23.0 Å². The molecule has 6 nitrogen and oxygen atoms in total. The summed E-state index contributed by atoms with van der Waals surface area (Å²) in [6, 6.07) is 90.1. The van der Waals surface area contributed by atoms with Crippen molar-refractivity contribution in [2.45, 2.75) is 55.4 Å². The first-order valence-corrected chi connectivity index (χ1v) is 30.9. The maximum absolute atomic E-state index is 12.1. The number of rotatable bonds is 10. The fourth-order valence-corrected chi connectivity index (χ4v) is 13.9. The van der Waals surface area contributed by atoms with Gasteiger partial charge in [-0.3, -0.25) is 0 Å². The summed E-state index contributed by atoms with van der Waals surface area (Å²) in [6.45, 7) is 17.4. The fraction of sp³-hybridized carbons (Fsp3) is 0.0952. The van der Waals surface area contributed by atoms with E-state index in [1.165, 1.54) is 66.8 Å². The van der Waals surface area contributed by atoms with Gasteiger partial charge in [0.15, 0.2) is 17.5 Å². The van der Waals surface area contributed by atoms with Crippen molar-refractivity contribution in [3.63, 3.8) is 0 Å². The minimum absolute atomic E-state index is 0.492. The molecule has 0 spiro atoms. The Balaban J connectivity index is 1.00. The Labute approximate surface area is 525 Å². The first-order valence-electron chi connectivity index (χ1n) is 30.9. The molecule has 6 heteroatoms. The van der Waals surface area contributed by atoms with E-state index in [0.717, 1.165) is 105 Å². The molecule has 3 heterocycles. The van der Waals surface area contributed by atoms with Crippen LogP contribution in [0.25, 0.3) is 145 Å². The van der Waals surface area contributed by atoms with E-state index >= 15 is 0 Å². The molecule has 0 aliphatic carbocycles. The molecule has 3 aromatic heterocycles. The zero-order valence-electron chi connectivity index (χ0n) is 51.8. The maximum atomic E-state index is 12.1. The summed E-state index contributed by atoms with van der Waals surface area (Å²) in [7, 11) is 0. The van der Waals surface area contributed by atoms with Crippen LogP contribution in [0.4, 0.5) is 0 Å². The van der Waals surface area contributed by atoms with E-state index in [1.54, 1.807) is 0 Å². The van der Waals surface area contributed by atoms with Crippen molar-refractivity contribution in [1.29, 1.82) is 5.26 Å². The van der Waals surface area contributed by atoms with E-state index in [-0.39, 0.29) is 0 Å². The monoisotopic (exact) mass is 1160 g/mol. The standard InChI is InChI=1S/C84H64N6/c1-50-22-31-65(54(5)40-50)60-26-36-78-72(44-60)73-45-61(66-32-23-51(2)41-55(66)6)27-37-79(73)89(78)64-30-35-70(84-87-82(58-16-11-9-12-17-58)86-83(88-84)59-18-13-10-14-19-59)71(48-64)69-20-15-21-77(76(69)49-85)90-80-38-28-62(67-33-24-52(3)42-56(67)7)46-74(80)75-47-63(29-39-81(75)90)68-34-25-53(4)43-57(68)8/h9-48H,1-8H3. The number of fused-ring (bicyclic) bond motifs is 6. The first-order chi connectivity index (χ1) is 43.8. The lowest BCUT2D eigenvalue weighted by Crippen LogP contribution is -2.04. The number of aromatic nitrogens is 5. The van der Waals surface area contributed by atoms with Crippen molar-refractivity contribution in [1.82, 2.24) is 24.1 Å². The van der Waals surface area contributed by atoms with Gasteiger partial charge in [0, 0.05) is 49.5 Å². The molecule has 0 saturated carbocycles. The number of hydrogen-bond acceptors (Lipinski definition) is 4. The quantitative estimate of drug-likeness (QED) is 0.137. The fourth-order valence-electron chi connectivity index (χ4n) is 13.9. The molecule has 0 aliphatic heterocycles. The highest BCUT2D eigenvalue weighted by atomic mass is 15.0. The van der Waals surface area contributed by atoms with Crippen molar-refractivity contribution in [2.24, 2.45) is 0 Å². The minimum atomic E-state index is 0.492. The van der Waals surface area contributed by atoms with Crippen LogP contribution in [0.1, 0.15) is 50.1 Å². The summed E-state index contributed by atoms with van der Waals surface area (Å²) in [5.74, 6) is 1.60. The number of nitrogens with zero attached hydrogens (tertiary/aromatic N) is 6. The third-order valence-corrected chi connectivity index (χ3v) is 18.2. The normalized spacial score (nSPS) is 11.5. The van der Waals surface area contributed by atoms with Crippen LogP contribution in [0.2, 0.25) is 0 Å². The summed E-state index contributed by atoms with van der Waals surface area (Å²) < 4.78 is 4.68. The molecule has 0 fully saturated rings. The number of aryl methyl sites for hydroxylation is 8. The van der Waals surface area contributed by atoms with Crippen LogP contribution in [0, 0.1) is 66.7 Å². The molecule has 15 rings (SSSR count). The molecule has 0 saturated heterocycles. The average Bonchev–Trinajstić information content (AvgIpc) is 1.56. The molecular weight excluding hydrogens is 1090 g/mol. The zero-order chi connectivity index (χ0) is 61.5. The number of benzene rings is 12. The van der Waals surface area contributed by atoms with Gasteiger partial charge < -0.3 is 9.13 Å². The Hall–Kier alpha value is -11.3. The summed E-state index contributed by atoms with van der Waals surface area (Å²) in [5, 5.41) is 16.6. The second-order valence-electron chi connectivity index (χ2n) is 24.5. The van der Waals surface area contributed by atoms with Crippen molar-refractivity contribution in [3.8, 4) is 107 Å². The SMILES string of the molecule is Cc1ccc(-c2ccc3c(c2)c2cc(-c4ccc(C)cc4C)ccc2n3-c2ccc(-c3nc(-c4ccccc4)nc(-c4ccccc4)n3)c(-c3cccc(-n4c5ccc(-c6ccc(C)cc6C)cc5c5cc(-c6ccc(C)cc6C)ccc54)c3C#N)c2)c(C)c1. The highest BCUT2D eigenvalue weighted by Crippen LogP contribution is 2.45. The van der Waals surface area contributed by atoms with Gasteiger partial charge in [0.2, 0.25) is 0 Å². The Morgan fingerprint density at radius 2 is 0.644 bits per heavy atom. The highest BCUT2D eigenvalue weighted by molar-refractivity contribution is 6.13. The zero-order valence-corrected chi connectivity index (χ0v) is 51.8. The Kier molecular flexibility index (Phi) is 13.6. The van der Waals surface area contributed by atoms with E-state index in [4.69, 9.17) is 15.0 Å². The van der Waals surface area contributed by atoms with E-state index < -0.39 is 0 Å². The topological polar surface area (TPSA) is 72.3 Å². The minimum Gasteiger partial charge on any atom is -0.309 e. The third-order valence-electron chi connectivity index (χ3n) is 18.2. The summed E-state index contributed by atoms with van der Waals surface area (Å²) >= 11 is 0. The van der Waals surface area contributed by atoms with Crippen LogP contribution in [-0.4, -0.2) is 24.1 Å². The van der Waals surface area contributed by atoms with Crippen LogP contribution in [-0.2, 0) is 0 Å². The van der Waals surface area contributed by atoms with Crippen molar-refractivity contribution in [3.05, 3.63) is 293 Å². The third kappa shape index (κ3) is 9.64. The Morgan fingerprint density at radius 3 is 1.02 bits per heavy atom. The molecule has 90 heavy (non-hydrogen) atoms. The molecule has 0 N–H and O–H groups in total. The van der Waals surface area contributed by atoms with Gasteiger partial charge in [0.1, 0.15) is 6.07 Å². The molecule has 0 unspecified atom stereocenters. The summed E-state index contributed by atoms with van der Waals surface area (Å²) in [6.07, 6.45) is 0. The predicted molar refractivity (Wildman–Crippen MR) is 375 cm³/mol. The second-order valence-corrected chi connectivity index (χ2v) is 24.5.